The average Bonchev–Trinajstić information content (AvgIpc) is 2.60. The number of likely N-dealkylation sites (tertiary alicyclic amines) is 1. The number of carbonyl (C=O) groups excluding carboxylic acids is 1. The van der Waals surface area contributed by atoms with Gasteiger partial charge in [-0.25, -0.2) is 0 Å². The molecule has 0 bridgehead atoms. The van der Waals surface area contributed by atoms with Gasteiger partial charge in [0.15, 0.2) is 0 Å². The summed E-state index contributed by atoms with van der Waals surface area (Å²) >= 11 is 0. The summed E-state index contributed by atoms with van der Waals surface area (Å²) in [6.07, 6.45) is 6.18. The second-order valence-electron chi connectivity index (χ2n) is 5.79. The Hall–Kier alpha value is -2.03. The maximum Gasteiger partial charge on any atom is 0.223 e. The Morgan fingerprint density at radius 3 is 2.91 bits per heavy atom. The first-order chi connectivity index (χ1) is 11.1. The second-order valence-corrected chi connectivity index (χ2v) is 5.79. The van der Waals surface area contributed by atoms with Crippen LogP contribution in [0.5, 0.6) is 5.75 Å². The summed E-state index contributed by atoms with van der Waals surface area (Å²) in [5, 5.41) is 13.0. The number of amides is 1. The van der Waals surface area contributed by atoms with Crippen LogP contribution < -0.4 is 10.1 Å². The number of hydrogen-bond acceptors (Lipinski definition) is 4. The predicted molar refractivity (Wildman–Crippen MR) is 89.0 cm³/mol. The number of aliphatic hydroxyl groups excluding tert-OH is 1. The normalized spacial score (nSPS) is 17.3. The molecule has 1 aromatic carbocycles. The number of rotatable bonds is 6. The van der Waals surface area contributed by atoms with Gasteiger partial charge in [-0.2, -0.15) is 0 Å². The lowest BCUT2D eigenvalue weighted by Crippen LogP contribution is -2.41. The van der Waals surface area contributed by atoms with Crippen LogP contribution in [0.15, 0.2) is 24.3 Å². The molecule has 0 saturated carbocycles. The number of piperidine rings is 1. The molecule has 0 aromatic heterocycles. The van der Waals surface area contributed by atoms with E-state index in [4.69, 9.17) is 11.2 Å². The fourth-order valence-electron chi connectivity index (χ4n) is 2.79. The molecule has 1 aromatic rings. The van der Waals surface area contributed by atoms with E-state index in [1.54, 1.807) is 13.2 Å². The number of benzene rings is 1. The van der Waals surface area contributed by atoms with Crippen LogP contribution in [0.25, 0.3) is 0 Å². The maximum atomic E-state index is 12.2. The third-order valence-corrected chi connectivity index (χ3v) is 4.22. The molecule has 1 fully saturated rings. The van der Waals surface area contributed by atoms with E-state index in [9.17, 15) is 9.90 Å². The topological polar surface area (TPSA) is 61.8 Å². The summed E-state index contributed by atoms with van der Waals surface area (Å²) in [5.41, 5.74) is 0.730. The van der Waals surface area contributed by atoms with Crippen LogP contribution in [0.3, 0.4) is 0 Å². The number of methoxy groups -OCH3 is 1. The highest BCUT2D eigenvalue weighted by molar-refractivity contribution is 5.78. The quantitative estimate of drug-likeness (QED) is 0.774. The molecule has 1 saturated heterocycles. The monoisotopic (exact) mass is 316 g/mol. The van der Waals surface area contributed by atoms with Gasteiger partial charge in [0.25, 0.3) is 0 Å². The standard InChI is InChI=1S/C18H24N2O3/c1-3-9-20-10-7-14(8-11-20)18(22)19-13-17(21)15-5-4-6-16(12-15)23-2/h1,4-6,12,14,17,21H,7-11,13H2,2H3,(H,19,22). The van der Waals surface area contributed by atoms with Gasteiger partial charge >= 0.3 is 0 Å². The molecule has 1 aliphatic rings. The van der Waals surface area contributed by atoms with Crippen LogP contribution in [0, 0.1) is 18.3 Å². The van der Waals surface area contributed by atoms with Gasteiger partial charge in [0, 0.05) is 12.5 Å². The van der Waals surface area contributed by atoms with Crippen molar-refractivity contribution in [3.63, 3.8) is 0 Å². The predicted octanol–water partition coefficient (Wildman–Crippen LogP) is 1.19. The first-order valence-corrected chi connectivity index (χ1v) is 7.89. The second kappa shape index (κ2) is 8.56. The molecule has 2 rings (SSSR count). The summed E-state index contributed by atoms with van der Waals surface area (Å²) < 4.78 is 5.14. The SMILES string of the molecule is C#CCN1CCC(C(=O)NCC(O)c2cccc(OC)c2)CC1. The van der Waals surface area contributed by atoms with Crippen molar-refractivity contribution in [1.82, 2.24) is 10.2 Å². The zero-order chi connectivity index (χ0) is 16.7. The lowest BCUT2D eigenvalue weighted by Gasteiger charge is -2.30. The molecular weight excluding hydrogens is 292 g/mol. The van der Waals surface area contributed by atoms with E-state index in [0.29, 0.717) is 12.3 Å². The molecule has 1 unspecified atom stereocenters. The molecule has 0 radical (unpaired) electrons. The zero-order valence-corrected chi connectivity index (χ0v) is 13.5. The van der Waals surface area contributed by atoms with Crippen molar-refractivity contribution in [2.24, 2.45) is 5.92 Å². The van der Waals surface area contributed by atoms with Gasteiger partial charge in [-0.3, -0.25) is 9.69 Å². The molecule has 1 amide bonds. The van der Waals surface area contributed by atoms with E-state index in [0.717, 1.165) is 31.5 Å². The van der Waals surface area contributed by atoms with E-state index in [-0.39, 0.29) is 18.4 Å². The first-order valence-electron chi connectivity index (χ1n) is 7.89. The fourth-order valence-corrected chi connectivity index (χ4v) is 2.79. The highest BCUT2D eigenvalue weighted by Gasteiger charge is 2.24. The smallest absolute Gasteiger partial charge is 0.223 e. The summed E-state index contributed by atoms with van der Waals surface area (Å²) in [6, 6.07) is 7.23. The Balaban J connectivity index is 1.79. The van der Waals surface area contributed by atoms with Gasteiger partial charge < -0.3 is 15.2 Å². The Morgan fingerprint density at radius 2 is 2.26 bits per heavy atom. The van der Waals surface area contributed by atoms with Crippen LogP contribution in [0.1, 0.15) is 24.5 Å². The molecule has 5 nitrogen and oxygen atoms in total. The lowest BCUT2D eigenvalue weighted by molar-refractivity contribution is -0.126. The molecular formula is C18H24N2O3. The number of nitrogens with one attached hydrogen (secondary N) is 1. The van der Waals surface area contributed by atoms with Crippen molar-refractivity contribution in [3.8, 4) is 18.1 Å². The van der Waals surface area contributed by atoms with Crippen molar-refractivity contribution in [2.45, 2.75) is 18.9 Å². The summed E-state index contributed by atoms with van der Waals surface area (Å²) in [7, 11) is 1.58. The first kappa shape index (κ1) is 17.3. The van der Waals surface area contributed by atoms with Crippen molar-refractivity contribution in [2.75, 3.05) is 33.3 Å². The van der Waals surface area contributed by atoms with E-state index in [1.807, 2.05) is 18.2 Å². The third kappa shape index (κ3) is 4.98. The zero-order valence-electron chi connectivity index (χ0n) is 13.5. The number of nitrogens with zero attached hydrogens (tertiary/aromatic N) is 1. The highest BCUT2D eigenvalue weighted by atomic mass is 16.5. The average molecular weight is 316 g/mol. The van der Waals surface area contributed by atoms with Gasteiger partial charge in [-0.1, -0.05) is 18.1 Å². The van der Waals surface area contributed by atoms with Crippen LogP contribution in [-0.2, 0) is 4.79 Å². The molecule has 124 valence electrons. The lowest BCUT2D eigenvalue weighted by atomic mass is 9.96. The number of terminal acetylenes is 1. The summed E-state index contributed by atoms with van der Waals surface area (Å²) in [5.74, 6) is 3.33. The minimum atomic E-state index is -0.740. The van der Waals surface area contributed by atoms with Gasteiger partial charge in [-0.05, 0) is 43.6 Å². The Labute approximate surface area is 137 Å². The van der Waals surface area contributed by atoms with Gasteiger partial charge in [0.1, 0.15) is 5.75 Å². The summed E-state index contributed by atoms with van der Waals surface area (Å²) in [6.45, 7) is 2.54. The molecule has 5 heteroatoms. The summed E-state index contributed by atoms with van der Waals surface area (Å²) in [4.78, 5) is 14.4. The Kier molecular flexibility index (Phi) is 6.45. The molecule has 0 aliphatic carbocycles. The molecule has 1 aliphatic heterocycles. The largest absolute Gasteiger partial charge is 0.497 e. The number of hydrogen-bond donors (Lipinski definition) is 2. The molecule has 1 heterocycles. The minimum Gasteiger partial charge on any atom is -0.497 e. The van der Waals surface area contributed by atoms with E-state index in [1.165, 1.54) is 0 Å². The number of aliphatic hydroxyl groups is 1. The van der Waals surface area contributed by atoms with Gasteiger partial charge in [-0.15, -0.1) is 6.42 Å². The molecule has 2 N–H and O–H groups in total. The van der Waals surface area contributed by atoms with Crippen LogP contribution in [0.4, 0.5) is 0 Å². The van der Waals surface area contributed by atoms with E-state index in [2.05, 4.69) is 16.1 Å². The maximum absolute atomic E-state index is 12.2. The minimum absolute atomic E-state index is 0.00142. The van der Waals surface area contributed by atoms with Gasteiger partial charge in [0.2, 0.25) is 5.91 Å². The molecule has 23 heavy (non-hydrogen) atoms. The highest BCUT2D eigenvalue weighted by Crippen LogP contribution is 2.20. The number of ether oxygens (including phenoxy) is 1. The van der Waals surface area contributed by atoms with Crippen molar-refractivity contribution in [3.05, 3.63) is 29.8 Å². The van der Waals surface area contributed by atoms with Crippen molar-refractivity contribution >= 4 is 5.91 Å². The Morgan fingerprint density at radius 1 is 1.52 bits per heavy atom. The van der Waals surface area contributed by atoms with Gasteiger partial charge in [0.05, 0.1) is 19.8 Å². The Bertz CT molecular complexity index is 560. The van der Waals surface area contributed by atoms with Crippen molar-refractivity contribution < 1.29 is 14.6 Å². The van der Waals surface area contributed by atoms with Crippen LogP contribution >= 0.6 is 0 Å². The molecule has 0 spiro atoms. The third-order valence-electron chi connectivity index (χ3n) is 4.22. The van der Waals surface area contributed by atoms with Crippen LogP contribution in [0.2, 0.25) is 0 Å². The van der Waals surface area contributed by atoms with Crippen LogP contribution in [-0.4, -0.2) is 49.2 Å². The van der Waals surface area contributed by atoms with E-state index < -0.39 is 6.10 Å². The van der Waals surface area contributed by atoms with E-state index >= 15 is 0 Å². The number of carbonyl (C=O) groups is 1. The van der Waals surface area contributed by atoms with Crippen molar-refractivity contribution in [1.29, 1.82) is 0 Å². The fraction of sp³-hybridized carbons (Fsp3) is 0.500. The molecule has 1 atom stereocenters.